The molecule has 2 aromatic rings. The molecule has 0 amide bonds. The van der Waals surface area contributed by atoms with Crippen molar-refractivity contribution in [2.75, 3.05) is 0 Å². The van der Waals surface area contributed by atoms with E-state index < -0.39 is 8.24 Å². The van der Waals surface area contributed by atoms with Crippen LogP contribution in [-0.4, -0.2) is 27.7 Å². The molecule has 2 rings (SSSR count). The minimum Gasteiger partial charge on any atom is -0.245 e. The van der Waals surface area contributed by atoms with Crippen LogP contribution in [0, 0.1) is 0 Å². The molecule has 6 heteroatoms. The zero-order valence-electron chi connectivity index (χ0n) is 9.58. The number of rotatable bonds is 2. The van der Waals surface area contributed by atoms with Gasteiger partial charge in [0.05, 0.1) is 5.69 Å². The standard InChI is InChI=1S/C10H14N4OSi/c1-16(2,3)14-10(15)13(11-12-14)9-7-5-4-6-8-9/h4-8H,1-3H3. The molecule has 0 aliphatic rings. The maximum Gasteiger partial charge on any atom is 0.360 e. The van der Waals surface area contributed by atoms with Gasteiger partial charge in [0.15, 0.2) is 8.24 Å². The van der Waals surface area contributed by atoms with Crippen molar-refractivity contribution in [2.45, 2.75) is 19.6 Å². The summed E-state index contributed by atoms with van der Waals surface area (Å²) in [5.74, 6) is 0. The lowest BCUT2D eigenvalue weighted by Gasteiger charge is -2.12. The zero-order chi connectivity index (χ0) is 11.8. The number of aromatic nitrogens is 4. The molecule has 1 aromatic heterocycles. The summed E-state index contributed by atoms with van der Waals surface area (Å²) in [6, 6.07) is 9.32. The normalized spacial score (nSPS) is 11.7. The molecule has 84 valence electrons. The molecule has 0 aliphatic heterocycles. The van der Waals surface area contributed by atoms with Gasteiger partial charge in [0.1, 0.15) is 0 Å². The van der Waals surface area contributed by atoms with Gasteiger partial charge >= 0.3 is 5.69 Å². The lowest BCUT2D eigenvalue weighted by Crippen LogP contribution is -2.42. The molecule has 0 saturated heterocycles. The van der Waals surface area contributed by atoms with Crippen molar-refractivity contribution in [1.29, 1.82) is 0 Å². The number of benzene rings is 1. The molecule has 0 atom stereocenters. The number of nitrogens with zero attached hydrogens (tertiary/aromatic N) is 4. The van der Waals surface area contributed by atoms with Crippen LogP contribution in [0.4, 0.5) is 0 Å². The Bertz CT molecular complexity index is 538. The smallest absolute Gasteiger partial charge is 0.245 e. The van der Waals surface area contributed by atoms with E-state index in [1.165, 1.54) is 9.03 Å². The van der Waals surface area contributed by atoms with Crippen molar-refractivity contribution in [3.05, 3.63) is 40.8 Å². The first-order valence-electron chi connectivity index (χ1n) is 5.11. The number of hydrogen-bond donors (Lipinski definition) is 0. The van der Waals surface area contributed by atoms with Gasteiger partial charge in [-0.1, -0.05) is 23.4 Å². The molecule has 0 N–H and O–H groups in total. The van der Waals surface area contributed by atoms with E-state index in [0.717, 1.165) is 5.69 Å². The van der Waals surface area contributed by atoms with Gasteiger partial charge in [-0.25, -0.2) is 9.14 Å². The van der Waals surface area contributed by atoms with Gasteiger partial charge in [-0.15, -0.1) is 0 Å². The van der Waals surface area contributed by atoms with Crippen LogP contribution in [0.15, 0.2) is 35.1 Å². The number of tetrazole rings is 1. The average Bonchev–Trinajstić information content (AvgIpc) is 2.61. The van der Waals surface area contributed by atoms with Crippen LogP contribution < -0.4 is 5.69 Å². The number of para-hydroxylation sites is 1. The third-order valence-electron chi connectivity index (χ3n) is 2.22. The summed E-state index contributed by atoms with van der Waals surface area (Å²) in [6.45, 7) is 6.16. The summed E-state index contributed by atoms with van der Waals surface area (Å²) in [4.78, 5) is 12.1. The van der Waals surface area contributed by atoms with Gasteiger partial charge in [0, 0.05) is 0 Å². The molecule has 0 fully saturated rings. The maximum atomic E-state index is 12.1. The minimum absolute atomic E-state index is 0.162. The third-order valence-corrected chi connectivity index (χ3v) is 3.77. The van der Waals surface area contributed by atoms with Crippen molar-refractivity contribution >= 4 is 8.24 Å². The van der Waals surface area contributed by atoms with Crippen LogP contribution in [0.5, 0.6) is 0 Å². The van der Waals surface area contributed by atoms with Crippen LogP contribution in [0.25, 0.3) is 5.69 Å². The van der Waals surface area contributed by atoms with Gasteiger partial charge in [-0.2, -0.15) is 4.68 Å². The molecule has 0 saturated carbocycles. The fourth-order valence-electron chi connectivity index (χ4n) is 1.40. The van der Waals surface area contributed by atoms with Gasteiger partial charge < -0.3 is 0 Å². The average molecular weight is 234 g/mol. The van der Waals surface area contributed by atoms with Crippen molar-refractivity contribution in [2.24, 2.45) is 0 Å². The van der Waals surface area contributed by atoms with E-state index in [1.54, 1.807) is 0 Å². The highest BCUT2D eigenvalue weighted by atomic mass is 28.3. The molecule has 0 spiro atoms. The second-order valence-corrected chi connectivity index (χ2v) is 9.36. The monoisotopic (exact) mass is 234 g/mol. The molecular weight excluding hydrogens is 220 g/mol. The first-order valence-corrected chi connectivity index (χ1v) is 8.56. The summed E-state index contributed by atoms with van der Waals surface area (Å²) in [7, 11) is -1.78. The quantitative estimate of drug-likeness (QED) is 0.731. The molecule has 0 bridgehead atoms. The van der Waals surface area contributed by atoms with Gasteiger partial charge in [0.2, 0.25) is 0 Å². The van der Waals surface area contributed by atoms with Crippen LogP contribution in [0.2, 0.25) is 19.6 Å². The van der Waals surface area contributed by atoms with Crippen molar-refractivity contribution < 1.29 is 0 Å². The number of hydrogen-bond acceptors (Lipinski definition) is 3. The van der Waals surface area contributed by atoms with E-state index >= 15 is 0 Å². The first kappa shape index (κ1) is 10.8. The van der Waals surface area contributed by atoms with Gasteiger partial charge in [-0.05, 0) is 37.0 Å². The van der Waals surface area contributed by atoms with Gasteiger partial charge in [0.25, 0.3) is 0 Å². The highest BCUT2D eigenvalue weighted by Gasteiger charge is 2.22. The van der Waals surface area contributed by atoms with Crippen LogP contribution in [0.3, 0.4) is 0 Å². The van der Waals surface area contributed by atoms with E-state index in [9.17, 15) is 4.79 Å². The SMILES string of the molecule is C[Si](C)(C)n1nnn(-c2ccccc2)c1=O. The molecule has 0 radical (unpaired) electrons. The fourth-order valence-corrected chi connectivity index (χ4v) is 2.38. The fraction of sp³-hybridized carbons (Fsp3) is 0.300. The Hall–Kier alpha value is -1.69. The minimum atomic E-state index is -1.78. The Kier molecular flexibility index (Phi) is 2.51. The summed E-state index contributed by atoms with van der Waals surface area (Å²) in [6.07, 6.45) is 0. The predicted molar refractivity (Wildman–Crippen MR) is 64.4 cm³/mol. The largest absolute Gasteiger partial charge is 0.360 e. The topological polar surface area (TPSA) is 52.7 Å². The maximum absolute atomic E-state index is 12.1. The van der Waals surface area contributed by atoms with Crippen molar-refractivity contribution in [3.8, 4) is 5.69 Å². The van der Waals surface area contributed by atoms with Crippen LogP contribution >= 0.6 is 0 Å². The van der Waals surface area contributed by atoms with E-state index in [-0.39, 0.29) is 5.69 Å². The molecule has 0 unspecified atom stereocenters. The second kappa shape index (κ2) is 3.71. The van der Waals surface area contributed by atoms with Crippen molar-refractivity contribution in [3.63, 3.8) is 0 Å². The molecular formula is C10H14N4OSi. The molecule has 1 heterocycles. The summed E-state index contributed by atoms with van der Waals surface area (Å²) >= 11 is 0. The Morgan fingerprint density at radius 3 is 2.19 bits per heavy atom. The van der Waals surface area contributed by atoms with E-state index in [0.29, 0.717) is 0 Å². The molecule has 5 nitrogen and oxygen atoms in total. The van der Waals surface area contributed by atoms with E-state index in [1.807, 2.05) is 30.3 Å². The summed E-state index contributed by atoms with van der Waals surface area (Å²) < 4.78 is 2.85. The van der Waals surface area contributed by atoms with E-state index in [2.05, 4.69) is 30.1 Å². The third kappa shape index (κ3) is 1.83. The molecule has 1 aromatic carbocycles. The predicted octanol–water partition coefficient (Wildman–Crippen LogP) is 1.11. The van der Waals surface area contributed by atoms with E-state index in [4.69, 9.17) is 0 Å². The Morgan fingerprint density at radius 1 is 1.06 bits per heavy atom. The zero-order valence-corrected chi connectivity index (χ0v) is 10.6. The lowest BCUT2D eigenvalue weighted by atomic mass is 10.3. The Balaban J connectivity index is 2.55. The van der Waals surface area contributed by atoms with Gasteiger partial charge in [-0.3, -0.25) is 0 Å². The first-order chi connectivity index (χ1) is 7.50. The Morgan fingerprint density at radius 2 is 1.69 bits per heavy atom. The second-order valence-electron chi connectivity index (χ2n) is 4.59. The molecule has 16 heavy (non-hydrogen) atoms. The molecule has 0 aliphatic carbocycles. The van der Waals surface area contributed by atoms with Crippen LogP contribution in [0.1, 0.15) is 0 Å². The highest BCUT2D eigenvalue weighted by molar-refractivity contribution is 6.74. The Labute approximate surface area is 94.4 Å². The highest BCUT2D eigenvalue weighted by Crippen LogP contribution is 2.03. The summed E-state index contributed by atoms with van der Waals surface area (Å²) in [5, 5.41) is 7.85. The lowest BCUT2D eigenvalue weighted by molar-refractivity contribution is 0.768. The van der Waals surface area contributed by atoms with Crippen molar-refractivity contribution in [1.82, 2.24) is 19.5 Å². The van der Waals surface area contributed by atoms with Crippen LogP contribution in [-0.2, 0) is 0 Å². The summed E-state index contributed by atoms with van der Waals surface area (Å²) in [5.41, 5.74) is 0.586.